The molecule has 0 saturated heterocycles. The number of carbonyl (C=O) groups excluding carboxylic acids is 2. The second-order valence-corrected chi connectivity index (χ2v) is 6.41. The molecule has 0 heterocycles. The molecule has 0 fully saturated rings. The largest absolute Gasteiger partial charge is 0.469 e. The van der Waals surface area contributed by atoms with Crippen LogP contribution in [0.1, 0.15) is 64.7 Å². The van der Waals surface area contributed by atoms with E-state index in [1.807, 2.05) is 0 Å². The molecule has 0 aromatic carbocycles. The van der Waals surface area contributed by atoms with Crippen LogP contribution in [0.4, 0.5) is 0 Å². The molecule has 1 rings (SSSR count). The monoisotopic (exact) mass is 332 g/mol. The van der Waals surface area contributed by atoms with Crippen LogP contribution in [0.25, 0.3) is 0 Å². The Morgan fingerprint density at radius 2 is 1.79 bits per heavy atom. The number of rotatable bonds is 12. The molecule has 1 aliphatic rings. The molecule has 0 spiro atoms. The van der Waals surface area contributed by atoms with Crippen LogP contribution >= 0.6 is 0 Å². The van der Waals surface area contributed by atoms with Crippen LogP contribution in [0, 0.1) is 11.8 Å². The number of ketones is 1. The highest BCUT2D eigenvalue weighted by Gasteiger charge is 2.27. The van der Waals surface area contributed by atoms with Crippen molar-refractivity contribution in [1.82, 2.24) is 0 Å². The zero-order valence-corrected chi connectivity index (χ0v) is 15.2. The summed E-state index contributed by atoms with van der Waals surface area (Å²) < 4.78 is 4.61. The van der Waals surface area contributed by atoms with E-state index >= 15 is 0 Å². The standard InChI is InChI=1S/C21H32O3/c1-3-4-5-6-7-10-13-18-16-17-20(22)19(18)14-11-8-9-12-15-21(23)24-2/h7-8,10-11,16-19H,3-6,9,12-15H2,1-2H3/b10-7-,11-8-/t18-,19+/m1/s1. The van der Waals surface area contributed by atoms with Gasteiger partial charge in [-0.1, -0.05) is 50.1 Å². The first kappa shape index (κ1) is 20.4. The van der Waals surface area contributed by atoms with Crippen LogP contribution in [0.5, 0.6) is 0 Å². The maximum absolute atomic E-state index is 12.0. The van der Waals surface area contributed by atoms with E-state index in [-0.39, 0.29) is 17.7 Å². The Hall–Kier alpha value is -1.64. The van der Waals surface area contributed by atoms with Crippen LogP contribution in [0.2, 0.25) is 0 Å². The molecule has 2 atom stereocenters. The summed E-state index contributed by atoms with van der Waals surface area (Å²) in [5.41, 5.74) is 0. The molecule has 0 aromatic heterocycles. The number of allylic oxidation sites excluding steroid dienone is 6. The molecule has 0 amide bonds. The first-order valence-electron chi connectivity index (χ1n) is 9.27. The number of hydrogen-bond donors (Lipinski definition) is 0. The van der Waals surface area contributed by atoms with E-state index in [1.54, 1.807) is 6.08 Å². The molecule has 24 heavy (non-hydrogen) atoms. The Morgan fingerprint density at radius 3 is 2.50 bits per heavy atom. The second-order valence-electron chi connectivity index (χ2n) is 6.41. The third kappa shape index (κ3) is 8.28. The summed E-state index contributed by atoms with van der Waals surface area (Å²) in [4.78, 5) is 23.0. The molecule has 0 bridgehead atoms. The fourth-order valence-electron chi connectivity index (χ4n) is 2.93. The van der Waals surface area contributed by atoms with Crippen LogP contribution in [-0.4, -0.2) is 18.9 Å². The molecule has 0 unspecified atom stereocenters. The zero-order chi connectivity index (χ0) is 17.6. The van der Waals surface area contributed by atoms with Gasteiger partial charge < -0.3 is 4.74 Å². The van der Waals surface area contributed by atoms with Crippen molar-refractivity contribution in [3.05, 3.63) is 36.5 Å². The highest BCUT2D eigenvalue weighted by Crippen LogP contribution is 2.29. The molecule has 3 heteroatoms. The summed E-state index contributed by atoms with van der Waals surface area (Å²) in [5, 5.41) is 0. The number of ether oxygens (including phenoxy) is 1. The van der Waals surface area contributed by atoms with E-state index in [1.165, 1.54) is 26.4 Å². The Kier molecular flexibility index (Phi) is 10.8. The molecule has 3 nitrogen and oxygen atoms in total. The van der Waals surface area contributed by atoms with E-state index in [0.717, 1.165) is 32.1 Å². The SMILES string of the molecule is CCCCC/C=C\C[C@@H]1C=CC(=O)[C@H]1C/C=C\CCCC(=O)OC. The lowest BCUT2D eigenvalue weighted by atomic mass is 9.88. The molecule has 0 N–H and O–H groups in total. The van der Waals surface area contributed by atoms with Gasteiger partial charge in [0.2, 0.25) is 0 Å². The summed E-state index contributed by atoms with van der Waals surface area (Å²) in [6.07, 6.45) is 21.2. The van der Waals surface area contributed by atoms with Gasteiger partial charge in [0, 0.05) is 12.3 Å². The van der Waals surface area contributed by atoms with Crippen molar-refractivity contribution in [2.45, 2.75) is 64.7 Å². The summed E-state index contributed by atoms with van der Waals surface area (Å²) in [7, 11) is 1.41. The van der Waals surface area contributed by atoms with Gasteiger partial charge in [-0.25, -0.2) is 0 Å². The van der Waals surface area contributed by atoms with Crippen LogP contribution in [-0.2, 0) is 14.3 Å². The second kappa shape index (κ2) is 12.7. The Morgan fingerprint density at radius 1 is 1.08 bits per heavy atom. The molecule has 0 aliphatic heterocycles. The van der Waals surface area contributed by atoms with Crippen molar-refractivity contribution < 1.29 is 14.3 Å². The summed E-state index contributed by atoms with van der Waals surface area (Å²) in [6.45, 7) is 2.21. The Labute approximate surface area is 146 Å². The minimum Gasteiger partial charge on any atom is -0.469 e. The van der Waals surface area contributed by atoms with Crippen molar-refractivity contribution in [2.24, 2.45) is 11.8 Å². The van der Waals surface area contributed by atoms with Crippen molar-refractivity contribution in [1.29, 1.82) is 0 Å². The normalized spacial score (nSPS) is 20.5. The topological polar surface area (TPSA) is 43.4 Å². The van der Waals surface area contributed by atoms with E-state index < -0.39 is 0 Å². The number of methoxy groups -OCH3 is 1. The summed E-state index contributed by atoms with van der Waals surface area (Å²) in [5.74, 6) is 0.504. The minimum absolute atomic E-state index is 0.0853. The van der Waals surface area contributed by atoms with E-state index in [0.29, 0.717) is 12.3 Å². The van der Waals surface area contributed by atoms with Gasteiger partial charge in [-0.15, -0.1) is 0 Å². The molecule has 0 aromatic rings. The number of esters is 1. The lowest BCUT2D eigenvalue weighted by Gasteiger charge is -2.14. The van der Waals surface area contributed by atoms with Gasteiger partial charge in [0.25, 0.3) is 0 Å². The maximum atomic E-state index is 12.0. The highest BCUT2D eigenvalue weighted by atomic mass is 16.5. The number of unbranched alkanes of at least 4 members (excludes halogenated alkanes) is 4. The predicted octanol–water partition coefficient (Wildman–Crippen LogP) is 5.17. The summed E-state index contributed by atoms with van der Waals surface area (Å²) in [6, 6.07) is 0. The molecular weight excluding hydrogens is 300 g/mol. The van der Waals surface area contributed by atoms with Gasteiger partial charge in [-0.3, -0.25) is 9.59 Å². The fraction of sp³-hybridized carbons (Fsp3) is 0.619. The Bertz CT molecular complexity index is 460. The fourth-order valence-corrected chi connectivity index (χ4v) is 2.93. The Balaban J connectivity index is 2.26. The van der Waals surface area contributed by atoms with E-state index in [9.17, 15) is 9.59 Å². The van der Waals surface area contributed by atoms with Gasteiger partial charge >= 0.3 is 5.97 Å². The first-order chi connectivity index (χ1) is 11.7. The third-order valence-electron chi connectivity index (χ3n) is 4.48. The van der Waals surface area contributed by atoms with Crippen LogP contribution < -0.4 is 0 Å². The highest BCUT2D eigenvalue weighted by molar-refractivity contribution is 5.94. The average Bonchev–Trinajstić information content (AvgIpc) is 2.94. The van der Waals surface area contributed by atoms with Gasteiger partial charge in [-0.2, -0.15) is 0 Å². The quantitative estimate of drug-likeness (QED) is 0.281. The number of carbonyl (C=O) groups is 2. The van der Waals surface area contributed by atoms with Gasteiger partial charge in [0.1, 0.15) is 0 Å². The van der Waals surface area contributed by atoms with E-state index in [2.05, 4.69) is 42.0 Å². The minimum atomic E-state index is -0.163. The van der Waals surface area contributed by atoms with Crippen LogP contribution in [0.3, 0.4) is 0 Å². The van der Waals surface area contributed by atoms with Crippen molar-refractivity contribution >= 4 is 11.8 Å². The van der Waals surface area contributed by atoms with Gasteiger partial charge in [-0.05, 0) is 50.5 Å². The average molecular weight is 332 g/mol. The first-order valence-corrected chi connectivity index (χ1v) is 9.27. The van der Waals surface area contributed by atoms with Crippen molar-refractivity contribution in [3.63, 3.8) is 0 Å². The van der Waals surface area contributed by atoms with Gasteiger partial charge in [0.15, 0.2) is 5.78 Å². The lowest BCUT2D eigenvalue weighted by molar-refractivity contribution is -0.140. The van der Waals surface area contributed by atoms with E-state index in [4.69, 9.17) is 0 Å². The smallest absolute Gasteiger partial charge is 0.305 e. The third-order valence-corrected chi connectivity index (χ3v) is 4.48. The zero-order valence-electron chi connectivity index (χ0n) is 15.2. The van der Waals surface area contributed by atoms with Gasteiger partial charge in [0.05, 0.1) is 7.11 Å². The molecule has 1 aliphatic carbocycles. The van der Waals surface area contributed by atoms with Crippen molar-refractivity contribution in [2.75, 3.05) is 7.11 Å². The molecule has 0 radical (unpaired) electrons. The lowest BCUT2D eigenvalue weighted by Crippen LogP contribution is -2.14. The summed E-state index contributed by atoms with van der Waals surface area (Å²) >= 11 is 0. The van der Waals surface area contributed by atoms with Crippen molar-refractivity contribution in [3.8, 4) is 0 Å². The molecule has 0 saturated carbocycles. The van der Waals surface area contributed by atoms with Crippen LogP contribution in [0.15, 0.2) is 36.5 Å². The predicted molar refractivity (Wildman–Crippen MR) is 98.7 cm³/mol. The molecular formula is C21H32O3. The molecule has 134 valence electrons. The maximum Gasteiger partial charge on any atom is 0.305 e. The number of hydrogen-bond acceptors (Lipinski definition) is 3.